The second kappa shape index (κ2) is 10.2. The molecule has 1 aliphatic rings. The fourth-order valence-corrected chi connectivity index (χ4v) is 3.75. The van der Waals surface area contributed by atoms with E-state index in [4.69, 9.17) is 9.47 Å². The Morgan fingerprint density at radius 3 is 2.35 bits per heavy atom. The van der Waals surface area contributed by atoms with Crippen molar-refractivity contribution in [2.24, 2.45) is 0 Å². The van der Waals surface area contributed by atoms with Gasteiger partial charge in [-0.15, -0.1) is 0 Å². The minimum Gasteiger partial charge on any atom is -0.507 e. The molecule has 1 fully saturated rings. The summed E-state index contributed by atoms with van der Waals surface area (Å²) in [6, 6.07) is 13.6. The number of likely N-dealkylation sites (tertiary alicyclic amines) is 1. The van der Waals surface area contributed by atoms with Gasteiger partial charge in [-0.1, -0.05) is 38.1 Å². The minimum atomic E-state index is -0.683. The fourth-order valence-electron chi connectivity index (χ4n) is 3.75. The molecule has 0 spiro atoms. The van der Waals surface area contributed by atoms with E-state index in [2.05, 4.69) is 0 Å². The number of aliphatic hydroxyl groups excluding tert-OH is 1. The van der Waals surface area contributed by atoms with Gasteiger partial charge in [-0.05, 0) is 49.6 Å². The molecule has 0 bridgehead atoms. The van der Waals surface area contributed by atoms with Crippen molar-refractivity contribution in [2.75, 3.05) is 19.8 Å². The molecule has 1 N–H and O–H groups in total. The van der Waals surface area contributed by atoms with Gasteiger partial charge in [0.05, 0.1) is 24.8 Å². The predicted octanol–water partition coefficient (Wildman–Crippen LogP) is 4.71. The number of hydrogen-bond donors (Lipinski definition) is 1. The van der Waals surface area contributed by atoms with E-state index >= 15 is 0 Å². The van der Waals surface area contributed by atoms with Crippen LogP contribution in [0.3, 0.4) is 0 Å². The van der Waals surface area contributed by atoms with Crippen LogP contribution in [0.5, 0.6) is 11.5 Å². The van der Waals surface area contributed by atoms with Crippen molar-refractivity contribution in [3.8, 4) is 11.5 Å². The summed E-state index contributed by atoms with van der Waals surface area (Å²) in [6.07, 6.45) is 1.56. The monoisotopic (exact) mass is 423 g/mol. The average molecular weight is 424 g/mol. The molecule has 1 aliphatic heterocycles. The van der Waals surface area contributed by atoms with Crippen LogP contribution >= 0.6 is 0 Å². The molecule has 0 saturated carbocycles. The van der Waals surface area contributed by atoms with Gasteiger partial charge in [0.2, 0.25) is 0 Å². The van der Waals surface area contributed by atoms with E-state index in [-0.39, 0.29) is 11.3 Å². The first-order valence-corrected chi connectivity index (χ1v) is 10.8. The van der Waals surface area contributed by atoms with E-state index in [1.807, 2.05) is 45.0 Å². The summed E-state index contributed by atoms with van der Waals surface area (Å²) in [5, 5.41) is 11.1. The zero-order valence-electron chi connectivity index (χ0n) is 18.3. The van der Waals surface area contributed by atoms with Crippen molar-refractivity contribution < 1.29 is 24.2 Å². The highest BCUT2D eigenvalue weighted by Gasteiger charge is 2.45. The van der Waals surface area contributed by atoms with Crippen LogP contribution in [-0.4, -0.2) is 41.5 Å². The molecular weight excluding hydrogens is 394 g/mol. The van der Waals surface area contributed by atoms with Crippen molar-refractivity contribution in [1.29, 1.82) is 0 Å². The van der Waals surface area contributed by atoms with E-state index in [1.165, 1.54) is 4.90 Å². The topological polar surface area (TPSA) is 76.1 Å². The lowest BCUT2D eigenvalue weighted by molar-refractivity contribution is -0.139. The highest BCUT2D eigenvalue weighted by Crippen LogP contribution is 2.40. The molecule has 2 aromatic carbocycles. The number of Topliss-reactive ketones (excluding diaryl/α,β-unsaturated/α-hetero) is 1. The average Bonchev–Trinajstić information content (AvgIpc) is 3.03. The molecule has 0 aromatic heterocycles. The number of hydrogen-bond acceptors (Lipinski definition) is 5. The fraction of sp³-hybridized carbons (Fsp3) is 0.360. The van der Waals surface area contributed by atoms with Crippen LogP contribution < -0.4 is 9.47 Å². The Labute approximate surface area is 183 Å². The molecule has 0 aliphatic carbocycles. The summed E-state index contributed by atoms with van der Waals surface area (Å²) >= 11 is 0. The lowest BCUT2D eigenvalue weighted by Gasteiger charge is -2.25. The van der Waals surface area contributed by atoms with E-state index < -0.39 is 17.7 Å². The predicted molar refractivity (Wildman–Crippen MR) is 119 cm³/mol. The van der Waals surface area contributed by atoms with E-state index in [0.29, 0.717) is 43.2 Å². The molecule has 1 atom stereocenters. The molecule has 1 unspecified atom stereocenters. The van der Waals surface area contributed by atoms with Crippen molar-refractivity contribution in [3.05, 3.63) is 65.2 Å². The van der Waals surface area contributed by atoms with Crippen LogP contribution in [0.15, 0.2) is 54.1 Å². The number of nitrogens with zero attached hydrogens (tertiary/aromatic N) is 1. The number of ether oxygens (including phenoxy) is 2. The summed E-state index contributed by atoms with van der Waals surface area (Å²) in [6.45, 7) is 7.30. The van der Waals surface area contributed by atoms with Gasteiger partial charge >= 0.3 is 0 Å². The largest absolute Gasteiger partial charge is 0.507 e. The Morgan fingerprint density at radius 2 is 1.68 bits per heavy atom. The molecule has 164 valence electrons. The molecule has 1 amide bonds. The number of aliphatic hydroxyl groups is 1. The van der Waals surface area contributed by atoms with Crippen molar-refractivity contribution >= 4 is 17.4 Å². The van der Waals surface area contributed by atoms with Gasteiger partial charge in [-0.3, -0.25) is 9.59 Å². The molecule has 2 aromatic rings. The number of carbonyl (C=O) groups is 2. The van der Waals surface area contributed by atoms with Gasteiger partial charge in [0.15, 0.2) is 0 Å². The van der Waals surface area contributed by atoms with Gasteiger partial charge in [0.1, 0.15) is 17.3 Å². The Balaban J connectivity index is 2.12. The number of amides is 1. The lowest BCUT2D eigenvalue weighted by Crippen LogP contribution is -2.30. The number of ketones is 1. The quantitative estimate of drug-likeness (QED) is 0.359. The first-order valence-electron chi connectivity index (χ1n) is 10.8. The summed E-state index contributed by atoms with van der Waals surface area (Å²) in [7, 11) is 0. The Hall–Kier alpha value is -3.28. The zero-order chi connectivity index (χ0) is 22.4. The van der Waals surface area contributed by atoms with Crippen LogP contribution in [0.2, 0.25) is 0 Å². The smallest absolute Gasteiger partial charge is 0.295 e. The first kappa shape index (κ1) is 22.4. The molecule has 1 saturated heterocycles. The lowest BCUT2D eigenvalue weighted by atomic mass is 9.95. The number of benzene rings is 2. The summed E-state index contributed by atoms with van der Waals surface area (Å²) in [4.78, 5) is 27.3. The maximum atomic E-state index is 13.0. The maximum absolute atomic E-state index is 13.0. The third-order valence-corrected chi connectivity index (χ3v) is 5.07. The first-order chi connectivity index (χ1) is 15.0. The maximum Gasteiger partial charge on any atom is 0.295 e. The standard InChI is InChI=1S/C25H29NO5/c1-4-13-26-22(17-9-7-12-20(15-17)31-14-5-2)21(24(28)25(26)29)23(27)18-10-8-11-19(16-18)30-6-3/h7-12,15-16,22,27H,4-6,13-14H2,1-3H3/b23-21-. The summed E-state index contributed by atoms with van der Waals surface area (Å²) < 4.78 is 11.3. The van der Waals surface area contributed by atoms with Crippen molar-refractivity contribution in [3.63, 3.8) is 0 Å². The van der Waals surface area contributed by atoms with Crippen molar-refractivity contribution in [2.45, 2.75) is 39.7 Å². The Bertz CT molecular complexity index is 981. The van der Waals surface area contributed by atoms with Crippen LogP contribution in [0.1, 0.15) is 50.8 Å². The normalized spacial score (nSPS) is 17.8. The molecule has 6 heteroatoms. The zero-order valence-corrected chi connectivity index (χ0v) is 18.3. The second-order valence-corrected chi connectivity index (χ2v) is 7.37. The van der Waals surface area contributed by atoms with E-state index in [9.17, 15) is 14.7 Å². The molecule has 3 rings (SSSR count). The number of rotatable bonds is 9. The highest BCUT2D eigenvalue weighted by molar-refractivity contribution is 6.46. The highest BCUT2D eigenvalue weighted by atomic mass is 16.5. The van der Waals surface area contributed by atoms with E-state index in [0.717, 1.165) is 12.0 Å². The minimum absolute atomic E-state index is 0.0831. The van der Waals surface area contributed by atoms with Gasteiger partial charge < -0.3 is 19.5 Å². The molecule has 1 heterocycles. The van der Waals surface area contributed by atoms with Gasteiger partial charge in [0.25, 0.3) is 11.7 Å². The van der Waals surface area contributed by atoms with Gasteiger partial charge in [0, 0.05) is 12.1 Å². The number of carbonyl (C=O) groups excluding carboxylic acids is 2. The van der Waals surface area contributed by atoms with Gasteiger partial charge in [-0.2, -0.15) is 0 Å². The van der Waals surface area contributed by atoms with Crippen molar-refractivity contribution in [1.82, 2.24) is 4.90 Å². The SMILES string of the molecule is CCCOc1cccc(C2/C(=C(/O)c3cccc(OCC)c3)C(=O)C(=O)N2CCC)c1. The third-order valence-electron chi connectivity index (χ3n) is 5.07. The van der Waals surface area contributed by atoms with E-state index in [1.54, 1.807) is 24.3 Å². The molecule has 6 nitrogen and oxygen atoms in total. The Morgan fingerprint density at radius 1 is 0.968 bits per heavy atom. The summed E-state index contributed by atoms with van der Waals surface area (Å²) in [5.74, 6) is -0.240. The third kappa shape index (κ3) is 4.74. The van der Waals surface area contributed by atoms with Crippen LogP contribution in [0.25, 0.3) is 5.76 Å². The van der Waals surface area contributed by atoms with Crippen LogP contribution in [0, 0.1) is 0 Å². The Kier molecular flexibility index (Phi) is 7.34. The van der Waals surface area contributed by atoms with Gasteiger partial charge in [-0.25, -0.2) is 0 Å². The molecular formula is C25H29NO5. The second-order valence-electron chi connectivity index (χ2n) is 7.37. The molecule has 31 heavy (non-hydrogen) atoms. The van der Waals surface area contributed by atoms with Crippen LogP contribution in [0.4, 0.5) is 0 Å². The van der Waals surface area contributed by atoms with Crippen LogP contribution in [-0.2, 0) is 9.59 Å². The molecule has 0 radical (unpaired) electrons. The summed E-state index contributed by atoms with van der Waals surface area (Å²) in [5.41, 5.74) is 1.24.